The Bertz CT molecular complexity index is 386. The minimum atomic E-state index is -0.422. The molecule has 0 aliphatic rings. The van der Waals surface area contributed by atoms with Crippen molar-refractivity contribution in [2.75, 3.05) is 6.54 Å². The number of hydrogen-bond acceptors (Lipinski definition) is 1. The number of carbonyl (C=O) groups excluding carboxylic acids is 1. The van der Waals surface area contributed by atoms with Crippen molar-refractivity contribution in [2.24, 2.45) is 5.92 Å². The normalized spacial score (nSPS) is 10.6. The lowest BCUT2D eigenvalue weighted by atomic mass is 10.0. The topological polar surface area (TPSA) is 29.1 Å². The number of carbonyl (C=O) groups is 1. The van der Waals surface area contributed by atoms with E-state index in [1.165, 1.54) is 6.07 Å². The van der Waals surface area contributed by atoms with Gasteiger partial charge in [0.1, 0.15) is 5.82 Å². The Morgan fingerprint density at radius 2 is 2.00 bits per heavy atom. The number of halogens is 1. The van der Waals surface area contributed by atoms with Crippen molar-refractivity contribution in [1.29, 1.82) is 0 Å². The molecule has 17 heavy (non-hydrogen) atoms. The zero-order valence-corrected chi connectivity index (χ0v) is 10.7. The molecular formula is C14H20FNO. The number of rotatable bonds is 5. The van der Waals surface area contributed by atoms with Crippen LogP contribution in [0.25, 0.3) is 0 Å². The van der Waals surface area contributed by atoms with Crippen LogP contribution in [0, 0.1) is 18.7 Å². The molecule has 0 aromatic heterocycles. The van der Waals surface area contributed by atoms with Crippen molar-refractivity contribution in [3.63, 3.8) is 0 Å². The molecule has 0 heterocycles. The Morgan fingerprint density at radius 1 is 1.35 bits per heavy atom. The first-order valence-electron chi connectivity index (χ1n) is 6.13. The quantitative estimate of drug-likeness (QED) is 0.836. The average molecular weight is 237 g/mol. The van der Waals surface area contributed by atoms with Crippen molar-refractivity contribution in [3.8, 4) is 0 Å². The van der Waals surface area contributed by atoms with E-state index in [4.69, 9.17) is 0 Å². The van der Waals surface area contributed by atoms with Crippen molar-refractivity contribution < 1.29 is 9.18 Å². The van der Waals surface area contributed by atoms with Crippen LogP contribution in [-0.4, -0.2) is 12.5 Å². The average Bonchev–Trinajstić information content (AvgIpc) is 2.33. The van der Waals surface area contributed by atoms with Gasteiger partial charge in [0.05, 0.1) is 5.56 Å². The molecule has 0 fully saturated rings. The van der Waals surface area contributed by atoms with Crippen LogP contribution in [0.1, 0.15) is 42.6 Å². The zero-order chi connectivity index (χ0) is 12.8. The number of amides is 1. The van der Waals surface area contributed by atoms with E-state index in [0.717, 1.165) is 12.8 Å². The fraction of sp³-hybridized carbons (Fsp3) is 0.500. The molecule has 0 radical (unpaired) electrons. The second-order valence-corrected chi connectivity index (χ2v) is 4.33. The highest BCUT2D eigenvalue weighted by molar-refractivity contribution is 5.94. The van der Waals surface area contributed by atoms with Crippen LogP contribution in [0.3, 0.4) is 0 Å². The Balaban J connectivity index is 2.67. The lowest BCUT2D eigenvalue weighted by Gasteiger charge is -2.13. The first kappa shape index (κ1) is 13.7. The maximum absolute atomic E-state index is 13.7. The van der Waals surface area contributed by atoms with Gasteiger partial charge in [0, 0.05) is 6.54 Å². The fourth-order valence-corrected chi connectivity index (χ4v) is 1.73. The van der Waals surface area contributed by atoms with E-state index in [-0.39, 0.29) is 11.5 Å². The summed E-state index contributed by atoms with van der Waals surface area (Å²) in [7, 11) is 0. The molecule has 0 unspecified atom stereocenters. The minimum Gasteiger partial charge on any atom is -0.352 e. The van der Waals surface area contributed by atoms with Gasteiger partial charge in [-0.1, -0.05) is 38.8 Å². The summed E-state index contributed by atoms with van der Waals surface area (Å²) in [5, 5.41) is 2.79. The van der Waals surface area contributed by atoms with E-state index in [1.54, 1.807) is 19.1 Å². The molecule has 1 amide bonds. The van der Waals surface area contributed by atoms with Crippen LogP contribution in [0.2, 0.25) is 0 Å². The molecule has 94 valence electrons. The second-order valence-electron chi connectivity index (χ2n) is 4.33. The third-order valence-corrected chi connectivity index (χ3v) is 3.14. The van der Waals surface area contributed by atoms with E-state index in [9.17, 15) is 9.18 Å². The van der Waals surface area contributed by atoms with Gasteiger partial charge in [-0.2, -0.15) is 0 Å². The van der Waals surface area contributed by atoms with Gasteiger partial charge in [0.25, 0.3) is 5.91 Å². The van der Waals surface area contributed by atoms with Crippen LogP contribution in [-0.2, 0) is 0 Å². The molecule has 0 spiro atoms. The van der Waals surface area contributed by atoms with Crippen molar-refractivity contribution in [1.82, 2.24) is 5.32 Å². The molecule has 0 aliphatic heterocycles. The fourth-order valence-electron chi connectivity index (χ4n) is 1.73. The minimum absolute atomic E-state index is 0.135. The van der Waals surface area contributed by atoms with Gasteiger partial charge in [-0.05, 0) is 24.5 Å². The molecule has 1 aromatic rings. The molecule has 0 aliphatic carbocycles. The summed E-state index contributed by atoms with van der Waals surface area (Å²) in [6, 6.07) is 4.88. The Labute approximate surface area is 102 Å². The van der Waals surface area contributed by atoms with Crippen molar-refractivity contribution >= 4 is 5.91 Å². The maximum Gasteiger partial charge on any atom is 0.254 e. The van der Waals surface area contributed by atoms with E-state index in [1.807, 2.05) is 0 Å². The monoisotopic (exact) mass is 237 g/mol. The number of aryl methyl sites for hydroxylation is 1. The summed E-state index contributed by atoms with van der Waals surface area (Å²) in [5.74, 6) is -0.278. The summed E-state index contributed by atoms with van der Waals surface area (Å²) >= 11 is 0. The Kier molecular flexibility index (Phi) is 5.13. The zero-order valence-electron chi connectivity index (χ0n) is 10.7. The second kappa shape index (κ2) is 6.38. The smallest absolute Gasteiger partial charge is 0.254 e. The third kappa shape index (κ3) is 3.55. The standard InChI is InChI=1S/C14H20FNO/c1-4-11(5-2)9-16-14(17)12-8-6-7-10(3)13(12)15/h6-8,11H,4-5,9H2,1-3H3,(H,16,17). The Morgan fingerprint density at radius 3 is 2.59 bits per heavy atom. The lowest BCUT2D eigenvalue weighted by Crippen LogP contribution is -2.29. The summed E-state index contributed by atoms with van der Waals surface area (Å²) in [6.45, 7) is 6.45. The molecule has 0 saturated carbocycles. The molecule has 1 rings (SSSR count). The highest BCUT2D eigenvalue weighted by Crippen LogP contribution is 2.12. The largest absolute Gasteiger partial charge is 0.352 e. The van der Waals surface area contributed by atoms with Crippen LogP contribution >= 0.6 is 0 Å². The first-order chi connectivity index (χ1) is 8.10. The molecular weight excluding hydrogens is 217 g/mol. The molecule has 0 atom stereocenters. The van der Waals surface area contributed by atoms with E-state index in [0.29, 0.717) is 18.0 Å². The molecule has 1 N–H and O–H groups in total. The summed E-state index contributed by atoms with van der Waals surface area (Å²) in [4.78, 5) is 11.8. The van der Waals surface area contributed by atoms with Gasteiger partial charge >= 0.3 is 0 Å². The predicted octanol–water partition coefficient (Wildman–Crippen LogP) is 3.30. The van der Waals surface area contributed by atoms with Crippen molar-refractivity contribution in [3.05, 3.63) is 35.1 Å². The number of nitrogens with one attached hydrogen (secondary N) is 1. The summed E-state index contributed by atoms with van der Waals surface area (Å²) < 4.78 is 13.7. The van der Waals surface area contributed by atoms with E-state index < -0.39 is 5.82 Å². The van der Waals surface area contributed by atoms with Crippen LogP contribution < -0.4 is 5.32 Å². The number of hydrogen-bond donors (Lipinski definition) is 1. The van der Waals surface area contributed by atoms with Gasteiger partial charge in [-0.3, -0.25) is 4.79 Å². The third-order valence-electron chi connectivity index (χ3n) is 3.14. The first-order valence-corrected chi connectivity index (χ1v) is 6.13. The van der Waals surface area contributed by atoms with Gasteiger partial charge in [-0.15, -0.1) is 0 Å². The maximum atomic E-state index is 13.7. The van der Waals surface area contributed by atoms with Gasteiger partial charge in [-0.25, -0.2) is 4.39 Å². The van der Waals surface area contributed by atoms with E-state index in [2.05, 4.69) is 19.2 Å². The van der Waals surface area contributed by atoms with Gasteiger partial charge < -0.3 is 5.32 Å². The highest BCUT2D eigenvalue weighted by Gasteiger charge is 2.13. The highest BCUT2D eigenvalue weighted by atomic mass is 19.1. The van der Waals surface area contributed by atoms with Gasteiger partial charge in [0.15, 0.2) is 0 Å². The Hall–Kier alpha value is -1.38. The van der Waals surface area contributed by atoms with Crippen LogP contribution in [0.4, 0.5) is 4.39 Å². The molecule has 3 heteroatoms. The van der Waals surface area contributed by atoms with Crippen molar-refractivity contribution in [2.45, 2.75) is 33.6 Å². The molecule has 1 aromatic carbocycles. The molecule has 0 saturated heterocycles. The SMILES string of the molecule is CCC(CC)CNC(=O)c1cccc(C)c1F. The van der Waals surface area contributed by atoms with Crippen LogP contribution in [0.15, 0.2) is 18.2 Å². The van der Waals surface area contributed by atoms with Crippen LogP contribution in [0.5, 0.6) is 0 Å². The molecule has 2 nitrogen and oxygen atoms in total. The molecule has 0 bridgehead atoms. The van der Waals surface area contributed by atoms with E-state index >= 15 is 0 Å². The summed E-state index contributed by atoms with van der Waals surface area (Å²) in [5.41, 5.74) is 0.635. The lowest BCUT2D eigenvalue weighted by molar-refractivity contribution is 0.0942. The number of benzene rings is 1. The predicted molar refractivity (Wildman–Crippen MR) is 67.5 cm³/mol. The van der Waals surface area contributed by atoms with Gasteiger partial charge in [0.2, 0.25) is 0 Å². The summed E-state index contributed by atoms with van der Waals surface area (Å²) in [6.07, 6.45) is 2.04.